The number of anilines is 1. The number of amides is 2. The maximum atomic E-state index is 12.3. The summed E-state index contributed by atoms with van der Waals surface area (Å²) < 4.78 is 26.1. The van der Waals surface area contributed by atoms with Crippen molar-refractivity contribution < 1.29 is 13.2 Å². The van der Waals surface area contributed by atoms with Crippen LogP contribution in [0.5, 0.6) is 0 Å². The minimum atomic E-state index is -3.37. The molecule has 8 heteroatoms. The average Bonchev–Trinajstić information content (AvgIpc) is 2.51. The number of benzene rings is 1. The normalized spacial score (nSPS) is 19.0. The van der Waals surface area contributed by atoms with Gasteiger partial charge in [-0.1, -0.05) is 17.7 Å². The number of hydrogen-bond acceptors (Lipinski definition) is 3. The van der Waals surface area contributed by atoms with Crippen molar-refractivity contribution in [3.8, 4) is 0 Å². The first-order valence-electron chi connectivity index (χ1n) is 7.08. The summed E-state index contributed by atoms with van der Waals surface area (Å²) in [5.74, 6) is 0. The first-order chi connectivity index (χ1) is 10.3. The second-order valence-corrected chi connectivity index (χ2v) is 7.93. The van der Waals surface area contributed by atoms with E-state index in [4.69, 9.17) is 11.6 Å². The molecular formula is C14H20ClN3O3S. The van der Waals surface area contributed by atoms with Crippen LogP contribution in [0.1, 0.15) is 18.4 Å². The fourth-order valence-corrected chi connectivity index (χ4v) is 3.78. The van der Waals surface area contributed by atoms with Gasteiger partial charge in [0.2, 0.25) is 10.0 Å². The number of likely N-dealkylation sites (tertiary alicyclic amines) is 1. The van der Waals surface area contributed by atoms with Crippen LogP contribution >= 0.6 is 11.6 Å². The molecule has 0 spiro atoms. The lowest BCUT2D eigenvalue weighted by Gasteiger charge is -2.32. The summed E-state index contributed by atoms with van der Waals surface area (Å²) in [5.41, 5.74) is 1.53. The monoisotopic (exact) mass is 345 g/mol. The molecule has 122 valence electrons. The molecule has 1 fully saturated rings. The molecule has 0 aromatic heterocycles. The number of piperidine rings is 1. The Kier molecular flexibility index (Phi) is 5.31. The molecule has 0 bridgehead atoms. The number of sulfonamides is 1. The number of aryl methyl sites for hydroxylation is 1. The number of nitrogens with one attached hydrogen (secondary N) is 2. The lowest BCUT2D eigenvalue weighted by Crippen LogP contribution is -2.49. The van der Waals surface area contributed by atoms with Crippen molar-refractivity contribution in [3.63, 3.8) is 0 Å². The molecule has 1 aliphatic heterocycles. The third-order valence-corrected chi connectivity index (χ3v) is 6.05. The van der Waals surface area contributed by atoms with Gasteiger partial charge >= 0.3 is 6.03 Å². The maximum Gasteiger partial charge on any atom is 0.321 e. The predicted octanol–water partition coefficient (Wildman–Crippen LogP) is 2.19. The van der Waals surface area contributed by atoms with Gasteiger partial charge in [-0.25, -0.2) is 17.9 Å². The molecule has 0 saturated carbocycles. The van der Waals surface area contributed by atoms with E-state index in [-0.39, 0.29) is 12.6 Å². The average molecular weight is 346 g/mol. The van der Waals surface area contributed by atoms with Gasteiger partial charge in [0, 0.05) is 23.8 Å². The number of hydrogen-bond donors (Lipinski definition) is 2. The van der Waals surface area contributed by atoms with Gasteiger partial charge in [0.05, 0.1) is 5.25 Å². The van der Waals surface area contributed by atoms with E-state index in [9.17, 15) is 13.2 Å². The smallest absolute Gasteiger partial charge is 0.321 e. The second-order valence-electron chi connectivity index (χ2n) is 5.35. The highest BCUT2D eigenvalue weighted by atomic mass is 35.5. The second kappa shape index (κ2) is 6.85. The number of carbonyl (C=O) groups excluding carboxylic acids is 1. The molecule has 0 radical (unpaired) electrons. The molecule has 1 aromatic rings. The fraction of sp³-hybridized carbons (Fsp3) is 0.500. The van der Waals surface area contributed by atoms with Gasteiger partial charge < -0.3 is 10.2 Å². The minimum absolute atomic E-state index is 0.189. The van der Waals surface area contributed by atoms with E-state index < -0.39 is 15.3 Å². The number of carbonyl (C=O) groups is 1. The van der Waals surface area contributed by atoms with Crippen LogP contribution in [0.4, 0.5) is 10.5 Å². The van der Waals surface area contributed by atoms with Crippen molar-refractivity contribution >= 4 is 33.3 Å². The first kappa shape index (κ1) is 17.1. The Balaban J connectivity index is 2.04. The van der Waals surface area contributed by atoms with E-state index in [2.05, 4.69) is 10.0 Å². The summed E-state index contributed by atoms with van der Waals surface area (Å²) in [6, 6.07) is 4.96. The zero-order chi connectivity index (χ0) is 16.3. The Labute approximate surface area is 135 Å². The maximum absolute atomic E-state index is 12.3. The standard InChI is InChI=1S/C14H20ClN3O3S/c1-10-5-6-11(8-13(10)15)17-14(19)18-7-3-4-12(9-18)22(20,21)16-2/h5-6,8,12,16H,3-4,7,9H2,1-2H3,(H,17,19)/t12-/m1/s1. The number of nitrogens with zero attached hydrogens (tertiary/aromatic N) is 1. The first-order valence-corrected chi connectivity index (χ1v) is 9.00. The molecule has 1 heterocycles. The molecular weight excluding hydrogens is 326 g/mol. The third-order valence-electron chi connectivity index (χ3n) is 3.81. The van der Waals surface area contributed by atoms with Gasteiger partial charge in [-0.15, -0.1) is 0 Å². The van der Waals surface area contributed by atoms with E-state index in [1.165, 1.54) is 11.9 Å². The van der Waals surface area contributed by atoms with Crippen molar-refractivity contribution in [1.29, 1.82) is 0 Å². The predicted molar refractivity (Wildman–Crippen MR) is 87.8 cm³/mol. The van der Waals surface area contributed by atoms with Crippen LogP contribution in [0, 0.1) is 6.92 Å². The molecule has 6 nitrogen and oxygen atoms in total. The number of halogens is 1. The van der Waals surface area contributed by atoms with Crippen molar-refractivity contribution in [2.24, 2.45) is 0 Å². The van der Waals surface area contributed by atoms with Gasteiger partial charge in [0.15, 0.2) is 0 Å². The molecule has 1 atom stereocenters. The van der Waals surface area contributed by atoms with Gasteiger partial charge in [-0.3, -0.25) is 0 Å². The van der Waals surface area contributed by atoms with Crippen LogP contribution in [0.25, 0.3) is 0 Å². The van der Waals surface area contributed by atoms with Crippen LogP contribution in [-0.2, 0) is 10.0 Å². The summed E-state index contributed by atoms with van der Waals surface area (Å²) in [5, 5.41) is 2.76. The quantitative estimate of drug-likeness (QED) is 0.881. The van der Waals surface area contributed by atoms with Crippen LogP contribution in [0.15, 0.2) is 18.2 Å². The fourth-order valence-electron chi connectivity index (χ4n) is 2.42. The van der Waals surface area contributed by atoms with Crippen molar-refractivity contribution in [1.82, 2.24) is 9.62 Å². The molecule has 22 heavy (non-hydrogen) atoms. The Morgan fingerprint density at radius 1 is 1.41 bits per heavy atom. The van der Waals surface area contributed by atoms with Crippen molar-refractivity contribution in [2.75, 3.05) is 25.5 Å². The lowest BCUT2D eigenvalue weighted by molar-refractivity contribution is 0.200. The highest BCUT2D eigenvalue weighted by Crippen LogP contribution is 2.21. The SMILES string of the molecule is CNS(=O)(=O)[C@@H]1CCCN(C(=O)Nc2ccc(C)c(Cl)c2)C1. The summed E-state index contributed by atoms with van der Waals surface area (Å²) in [6.45, 7) is 2.61. The van der Waals surface area contributed by atoms with Crippen LogP contribution in [0.3, 0.4) is 0 Å². The van der Waals surface area contributed by atoms with Crippen molar-refractivity contribution in [2.45, 2.75) is 25.0 Å². The van der Waals surface area contributed by atoms with E-state index in [1.54, 1.807) is 12.1 Å². The molecule has 2 amide bonds. The van der Waals surface area contributed by atoms with Gasteiger partial charge in [-0.05, 0) is 44.5 Å². The third kappa shape index (κ3) is 3.91. The molecule has 0 aliphatic carbocycles. The minimum Gasteiger partial charge on any atom is -0.323 e. The highest BCUT2D eigenvalue weighted by molar-refractivity contribution is 7.90. The van der Waals surface area contributed by atoms with E-state index in [0.29, 0.717) is 30.1 Å². The zero-order valence-electron chi connectivity index (χ0n) is 12.6. The van der Waals surface area contributed by atoms with E-state index >= 15 is 0 Å². The van der Waals surface area contributed by atoms with Crippen LogP contribution in [-0.4, -0.2) is 44.7 Å². The molecule has 0 unspecified atom stereocenters. The Bertz CT molecular complexity index is 663. The summed E-state index contributed by atoms with van der Waals surface area (Å²) in [7, 11) is -1.97. The number of rotatable bonds is 3. The zero-order valence-corrected chi connectivity index (χ0v) is 14.2. The Morgan fingerprint density at radius 3 is 2.77 bits per heavy atom. The van der Waals surface area contributed by atoms with Gasteiger partial charge in [0.25, 0.3) is 0 Å². The van der Waals surface area contributed by atoms with Crippen LogP contribution in [0.2, 0.25) is 5.02 Å². The molecule has 1 aromatic carbocycles. The molecule has 2 N–H and O–H groups in total. The Morgan fingerprint density at radius 2 is 2.14 bits per heavy atom. The molecule has 1 aliphatic rings. The topological polar surface area (TPSA) is 78.5 Å². The lowest BCUT2D eigenvalue weighted by atomic mass is 10.1. The van der Waals surface area contributed by atoms with Crippen molar-refractivity contribution in [3.05, 3.63) is 28.8 Å². The van der Waals surface area contributed by atoms with Gasteiger partial charge in [-0.2, -0.15) is 0 Å². The summed E-state index contributed by atoms with van der Waals surface area (Å²) >= 11 is 6.03. The van der Waals surface area contributed by atoms with Gasteiger partial charge in [0.1, 0.15) is 0 Å². The summed E-state index contributed by atoms with van der Waals surface area (Å²) in [4.78, 5) is 13.8. The highest BCUT2D eigenvalue weighted by Gasteiger charge is 2.31. The van der Waals surface area contributed by atoms with E-state index in [0.717, 1.165) is 5.56 Å². The molecule has 2 rings (SSSR count). The number of urea groups is 1. The molecule has 1 saturated heterocycles. The van der Waals surface area contributed by atoms with E-state index in [1.807, 2.05) is 13.0 Å². The Hall–Kier alpha value is -1.31. The summed E-state index contributed by atoms with van der Waals surface area (Å²) in [6.07, 6.45) is 1.22. The largest absolute Gasteiger partial charge is 0.323 e. The van der Waals surface area contributed by atoms with Crippen LogP contribution < -0.4 is 10.0 Å².